The molecule has 0 aliphatic carbocycles. The minimum Gasteiger partial charge on any atom is -0.359 e. The molecule has 6 heteroatoms. The molecule has 102 valence electrons. The number of hydrogen-bond acceptors (Lipinski definition) is 5. The Kier molecular flexibility index (Phi) is 3.33. The summed E-state index contributed by atoms with van der Waals surface area (Å²) in [6.45, 7) is 2.00. The number of pyridine rings is 1. The van der Waals surface area contributed by atoms with E-state index in [1.807, 2.05) is 24.4 Å². The minimum atomic E-state index is -0.117. The molecule has 0 saturated carbocycles. The van der Waals surface area contributed by atoms with E-state index in [9.17, 15) is 4.79 Å². The van der Waals surface area contributed by atoms with E-state index < -0.39 is 0 Å². The van der Waals surface area contributed by atoms with E-state index in [0.29, 0.717) is 16.1 Å². The van der Waals surface area contributed by atoms with Gasteiger partial charge in [0.1, 0.15) is 0 Å². The van der Waals surface area contributed by atoms with Crippen LogP contribution in [0.1, 0.15) is 40.4 Å². The van der Waals surface area contributed by atoms with Gasteiger partial charge in [0.15, 0.2) is 5.01 Å². The van der Waals surface area contributed by atoms with Crippen molar-refractivity contribution < 1.29 is 4.79 Å². The zero-order valence-electron chi connectivity index (χ0n) is 11.0. The molecular weight excluding hydrogens is 272 g/mol. The van der Waals surface area contributed by atoms with Crippen LogP contribution in [-0.2, 0) is 0 Å². The number of H-pyrrole nitrogens is 1. The second kappa shape index (κ2) is 5.15. The summed E-state index contributed by atoms with van der Waals surface area (Å²) >= 11 is 1.33. The van der Waals surface area contributed by atoms with Crippen LogP contribution in [0.5, 0.6) is 0 Å². The lowest BCUT2D eigenvalue weighted by Crippen LogP contribution is -2.10. The summed E-state index contributed by atoms with van der Waals surface area (Å²) in [6.07, 6.45) is 4.15. The second-order valence-corrected chi connectivity index (χ2v) is 5.38. The van der Waals surface area contributed by atoms with Gasteiger partial charge in [0.05, 0.1) is 22.3 Å². The largest absolute Gasteiger partial charge is 0.359 e. The molecule has 3 aromatic rings. The zero-order chi connectivity index (χ0) is 14.1. The van der Waals surface area contributed by atoms with Crippen molar-refractivity contribution in [3.8, 4) is 0 Å². The summed E-state index contributed by atoms with van der Waals surface area (Å²) in [6, 6.07) is 3.60. The molecule has 0 bridgehead atoms. The standard InChI is InChI=1S/C14H14N4OS/c1-2-9(15)11-7-20-14(18-11)13(19)8-6-17-10-4-3-5-16-12(8)10/h3-7,9,17H,2,15H2,1H3. The van der Waals surface area contributed by atoms with Crippen LogP contribution < -0.4 is 5.73 Å². The smallest absolute Gasteiger partial charge is 0.225 e. The second-order valence-electron chi connectivity index (χ2n) is 4.52. The maximum Gasteiger partial charge on any atom is 0.225 e. The highest BCUT2D eigenvalue weighted by Crippen LogP contribution is 2.23. The Hall–Kier alpha value is -2.05. The Morgan fingerprint density at radius 1 is 1.55 bits per heavy atom. The Morgan fingerprint density at radius 3 is 3.20 bits per heavy atom. The van der Waals surface area contributed by atoms with Crippen molar-refractivity contribution in [1.29, 1.82) is 0 Å². The summed E-state index contributed by atoms with van der Waals surface area (Å²) in [5.41, 5.74) is 8.77. The lowest BCUT2D eigenvalue weighted by atomic mass is 10.2. The number of ketones is 1. The Balaban J connectivity index is 1.98. The Labute approximate surface area is 119 Å². The van der Waals surface area contributed by atoms with Crippen LogP contribution >= 0.6 is 11.3 Å². The molecule has 3 rings (SSSR count). The first kappa shape index (κ1) is 13.0. The monoisotopic (exact) mass is 286 g/mol. The van der Waals surface area contributed by atoms with Crippen molar-refractivity contribution in [1.82, 2.24) is 15.0 Å². The maximum absolute atomic E-state index is 12.5. The molecular formula is C14H14N4OS. The summed E-state index contributed by atoms with van der Waals surface area (Å²) in [7, 11) is 0. The van der Waals surface area contributed by atoms with Crippen LogP contribution in [-0.4, -0.2) is 20.7 Å². The number of nitrogens with zero attached hydrogens (tertiary/aromatic N) is 2. The van der Waals surface area contributed by atoms with E-state index in [-0.39, 0.29) is 11.8 Å². The zero-order valence-corrected chi connectivity index (χ0v) is 11.8. The number of carbonyl (C=O) groups excluding carboxylic acids is 1. The van der Waals surface area contributed by atoms with Crippen molar-refractivity contribution >= 4 is 28.2 Å². The van der Waals surface area contributed by atoms with Crippen LogP contribution in [0, 0.1) is 0 Å². The van der Waals surface area contributed by atoms with Gasteiger partial charge in [-0.2, -0.15) is 0 Å². The molecule has 1 unspecified atom stereocenters. The van der Waals surface area contributed by atoms with Crippen LogP contribution in [0.25, 0.3) is 11.0 Å². The molecule has 0 aliphatic heterocycles. The molecule has 3 N–H and O–H groups in total. The van der Waals surface area contributed by atoms with E-state index in [2.05, 4.69) is 15.0 Å². The number of carbonyl (C=O) groups is 1. The third-order valence-corrected chi connectivity index (χ3v) is 4.07. The number of aromatic amines is 1. The van der Waals surface area contributed by atoms with Gasteiger partial charge in [0.2, 0.25) is 5.78 Å². The predicted octanol–water partition coefficient (Wildman–Crippen LogP) is 2.66. The number of nitrogens with two attached hydrogens (primary N) is 1. The van der Waals surface area contributed by atoms with Crippen LogP contribution in [0.15, 0.2) is 29.9 Å². The minimum absolute atomic E-state index is 0.116. The molecule has 1 atom stereocenters. The Bertz CT molecular complexity index is 761. The quantitative estimate of drug-likeness (QED) is 0.722. The molecule has 0 aliphatic rings. The lowest BCUT2D eigenvalue weighted by Gasteiger charge is -2.02. The highest BCUT2D eigenvalue weighted by molar-refractivity contribution is 7.12. The first-order chi connectivity index (χ1) is 9.70. The number of nitrogens with one attached hydrogen (secondary N) is 1. The number of hydrogen-bond donors (Lipinski definition) is 2. The van der Waals surface area contributed by atoms with Gasteiger partial charge in [-0.15, -0.1) is 11.3 Å². The van der Waals surface area contributed by atoms with Crippen LogP contribution in [0.3, 0.4) is 0 Å². The molecule has 0 fully saturated rings. The van der Waals surface area contributed by atoms with Gasteiger partial charge in [0, 0.05) is 23.8 Å². The SMILES string of the molecule is CCC(N)c1csc(C(=O)c2c[nH]c3cccnc23)n1. The van der Waals surface area contributed by atoms with E-state index in [1.165, 1.54) is 11.3 Å². The molecule has 0 aromatic carbocycles. The fourth-order valence-electron chi connectivity index (χ4n) is 2.01. The summed E-state index contributed by atoms with van der Waals surface area (Å²) < 4.78 is 0. The highest BCUT2D eigenvalue weighted by Gasteiger charge is 2.19. The van der Waals surface area contributed by atoms with Gasteiger partial charge in [0.25, 0.3) is 0 Å². The van der Waals surface area contributed by atoms with E-state index in [4.69, 9.17) is 5.73 Å². The average Bonchev–Trinajstić information content (AvgIpc) is 3.12. The van der Waals surface area contributed by atoms with Gasteiger partial charge in [-0.25, -0.2) is 4.98 Å². The summed E-state index contributed by atoms with van der Waals surface area (Å²) in [5, 5.41) is 2.30. The molecule has 0 radical (unpaired) electrons. The first-order valence-electron chi connectivity index (χ1n) is 6.38. The number of thiazole rings is 1. The molecule has 20 heavy (non-hydrogen) atoms. The van der Waals surface area contributed by atoms with E-state index >= 15 is 0 Å². The lowest BCUT2D eigenvalue weighted by molar-refractivity contribution is 0.103. The van der Waals surface area contributed by atoms with Gasteiger partial charge >= 0.3 is 0 Å². The molecule has 0 amide bonds. The summed E-state index contributed by atoms with van der Waals surface area (Å²) in [5.74, 6) is -0.116. The van der Waals surface area contributed by atoms with Crippen LogP contribution in [0.4, 0.5) is 0 Å². The van der Waals surface area contributed by atoms with Gasteiger partial charge in [-0.1, -0.05) is 6.92 Å². The van der Waals surface area contributed by atoms with E-state index in [0.717, 1.165) is 17.6 Å². The van der Waals surface area contributed by atoms with Gasteiger partial charge in [-0.05, 0) is 18.6 Å². The van der Waals surface area contributed by atoms with Crippen LogP contribution in [0.2, 0.25) is 0 Å². The van der Waals surface area contributed by atoms with E-state index in [1.54, 1.807) is 12.4 Å². The maximum atomic E-state index is 12.5. The normalized spacial score (nSPS) is 12.7. The average molecular weight is 286 g/mol. The Morgan fingerprint density at radius 2 is 2.40 bits per heavy atom. The predicted molar refractivity (Wildman–Crippen MR) is 78.9 cm³/mol. The fraction of sp³-hybridized carbons (Fsp3) is 0.214. The third kappa shape index (κ3) is 2.13. The molecule has 5 nitrogen and oxygen atoms in total. The third-order valence-electron chi connectivity index (χ3n) is 3.22. The van der Waals surface area contributed by atoms with Crippen molar-refractivity contribution in [2.24, 2.45) is 5.73 Å². The van der Waals surface area contributed by atoms with Gasteiger partial charge in [-0.3, -0.25) is 9.78 Å². The highest BCUT2D eigenvalue weighted by atomic mass is 32.1. The number of fused-ring (bicyclic) bond motifs is 1. The number of aromatic nitrogens is 3. The molecule has 0 spiro atoms. The van der Waals surface area contributed by atoms with Gasteiger partial charge < -0.3 is 10.7 Å². The van der Waals surface area contributed by atoms with Crippen molar-refractivity contribution in [2.45, 2.75) is 19.4 Å². The summed E-state index contributed by atoms with van der Waals surface area (Å²) in [4.78, 5) is 24.1. The van der Waals surface area contributed by atoms with Crippen molar-refractivity contribution in [3.63, 3.8) is 0 Å². The fourth-order valence-corrected chi connectivity index (χ4v) is 2.85. The van der Waals surface area contributed by atoms with Crippen molar-refractivity contribution in [2.75, 3.05) is 0 Å². The van der Waals surface area contributed by atoms with Crippen molar-refractivity contribution in [3.05, 3.63) is 46.2 Å². The topological polar surface area (TPSA) is 84.7 Å². The molecule has 0 saturated heterocycles. The molecule has 3 aromatic heterocycles. The molecule has 3 heterocycles. The number of rotatable bonds is 4. The first-order valence-corrected chi connectivity index (χ1v) is 7.26.